The molecule has 4 aromatic carbocycles. The molecule has 1 aliphatic carbocycles. The van der Waals surface area contributed by atoms with Crippen LogP contribution in [0, 0.1) is 0 Å². The first-order chi connectivity index (χ1) is 18.6. The molecule has 38 heavy (non-hydrogen) atoms. The molecule has 4 heterocycles. The predicted molar refractivity (Wildman–Crippen MR) is 166 cm³/mol. The van der Waals surface area contributed by atoms with E-state index < -0.39 is 0 Å². The van der Waals surface area contributed by atoms with Crippen molar-refractivity contribution in [2.24, 2.45) is 0 Å². The van der Waals surface area contributed by atoms with Crippen molar-refractivity contribution < 1.29 is 0 Å². The van der Waals surface area contributed by atoms with Gasteiger partial charge in [0.1, 0.15) is 0 Å². The topological polar surface area (TPSA) is 3.24 Å². The van der Waals surface area contributed by atoms with Crippen LogP contribution in [0.15, 0.2) is 84.9 Å². The molecule has 0 spiro atoms. The molecule has 0 amide bonds. The van der Waals surface area contributed by atoms with Crippen LogP contribution in [0.4, 0.5) is 10.7 Å². The summed E-state index contributed by atoms with van der Waals surface area (Å²) >= 11 is 2.34. The maximum atomic E-state index is 2.90. The van der Waals surface area contributed by atoms with Crippen molar-refractivity contribution in [3.8, 4) is 11.1 Å². The van der Waals surface area contributed by atoms with Crippen LogP contribution >= 0.6 is 11.3 Å². The Balaban J connectivity index is 1.49. The van der Waals surface area contributed by atoms with E-state index in [1.165, 1.54) is 51.9 Å². The number of fused-ring (bicyclic) bond motifs is 10. The molecule has 2 unspecified atom stereocenters. The number of anilines is 2. The van der Waals surface area contributed by atoms with Crippen LogP contribution in [0.5, 0.6) is 0 Å². The summed E-state index contributed by atoms with van der Waals surface area (Å²) in [6.07, 6.45) is 5.15. The minimum absolute atomic E-state index is 0.0802. The van der Waals surface area contributed by atoms with Gasteiger partial charge in [-0.25, -0.2) is 0 Å². The second-order valence-electron chi connectivity index (χ2n) is 12.0. The van der Waals surface area contributed by atoms with Crippen LogP contribution in [0.25, 0.3) is 21.2 Å². The molecule has 1 aromatic heterocycles. The van der Waals surface area contributed by atoms with E-state index in [1.807, 2.05) is 11.3 Å². The van der Waals surface area contributed by atoms with Crippen LogP contribution in [-0.4, -0.2) is 27.2 Å². The van der Waals surface area contributed by atoms with Gasteiger partial charge >= 0.3 is 236 Å². The van der Waals surface area contributed by atoms with E-state index >= 15 is 0 Å². The Kier molecular flexibility index (Phi) is 4.33. The number of hydrogen-bond donors (Lipinski definition) is 0. The van der Waals surface area contributed by atoms with E-state index in [-0.39, 0.29) is 11.0 Å². The van der Waals surface area contributed by atoms with E-state index in [1.54, 1.807) is 36.6 Å². The quantitative estimate of drug-likeness (QED) is 0.248. The maximum absolute atomic E-state index is 2.90. The van der Waals surface area contributed by atoms with E-state index in [2.05, 4.69) is 104 Å². The summed E-state index contributed by atoms with van der Waals surface area (Å²) < 4.78 is 4.58. The van der Waals surface area contributed by atoms with Gasteiger partial charge in [-0.15, -0.1) is 0 Å². The average Bonchev–Trinajstić information content (AvgIpc) is 3.43. The molecule has 1 nitrogen and oxygen atoms in total. The minimum atomic E-state index is 0.0802. The molecule has 0 saturated heterocycles. The summed E-state index contributed by atoms with van der Waals surface area (Å²) in [4.78, 5) is 2.90. The Morgan fingerprint density at radius 1 is 0.816 bits per heavy atom. The molecule has 1 saturated carbocycles. The van der Waals surface area contributed by atoms with E-state index in [9.17, 15) is 0 Å². The van der Waals surface area contributed by atoms with Crippen LogP contribution in [0.1, 0.15) is 45.1 Å². The Labute approximate surface area is 235 Å². The predicted octanol–water partition coefficient (Wildman–Crippen LogP) is 5.11. The molecule has 9 rings (SSSR count). The fourth-order valence-electron chi connectivity index (χ4n) is 8.36. The number of rotatable bonds is 1. The zero-order valence-corrected chi connectivity index (χ0v) is 24.3. The van der Waals surface area contributed by atoms with Crippen LogP contribution < -0.4 is 30.2 Å². The molecule has 4 heteroatoms. The van der Waals surface area contributed by atoms with Gasteiger partial charge in [0.2, 0.25) is 0 Å². The van der Waals surface area contributed by atoms with Gasteiger partial charge in [-0.3, -0.25) is 0 Å². The summed E-state index contributed by atoms with van der Waals surface area (Å²) in [6, 6.07) is 32.4. The normalized spacial score (nSPS) is 24.2. The van der Waals surface area contributed by atoms with Gasteiger partial charge in [-0.05, 0) is 0 Å². The van der Waals surface area contributed by atoms with Crippen LogP contribution in [-0.2, 0) is 5.41 Å². The van der Waals surface area contributed by atoms with Crippen molar-refractivity contribution in [3.63, 3.8) is 0 Å². The van der Waals surface area contributed by atoms with Crippen LogP contribution in [0.3, 0.4) is 0 Å². The third-order valence-electron chi connectivity index (χ3n) is 10.3. The zero-order chi connectivity index (χ0) is 25.2. The molecule has 184 valence electrons. The summed E-state index contributed by atoms with van der Waals surface area (Å²) in [5.74, 6) is 0. The third kappa shape index (κ3) is 2.51. The molecule has 0 radical (unpaired) electrons. The Morgan fingerprint density at radius 2 is 1.58 bits per heavy atom. The van der Waals surface area contributed by atoms with Gasteiger partial charge < -0.3 is 0 Å². The summed E-state index contributed by atoms with van der Waals surface area (Å²) in [5, 5.41) is 2.97. The fraction of sp³-hybridized carbons (Fsp3) is 0.235. The Morgan fingerprint density at radius 3 is 2.47 bits per heavy atom. The number of nitrogens with zero attached hydrogens (tertiary/aromatic N) is 1. The molecule has 0 N–H and O–H groups in total. The van der Waals surface area contributed by atoms with Crippen molar-refractivity contribution in [2.75, 3.05) is 4.90 Å². The average molecular weight is 572 g/mol. The first-order valence-corrected chi connectivity index (χ1v) is 16.5. The van der Waals surface area contributed by atoms with Gasteiger partial charge in [0, 0.05) is 0 Å². The van der Waals surface area contributed by atoms with E-state index in [0.29, 0.717) is 21.7 Å². The first kappa shape index (κ1) is 22.1. The fourth-order valence-corrected chi connectivity index (χ4v) is 12.2. The molecular weight excluding hydrogens is 544 g/mol. The molecule has 5 aromatic rings. The molecule has 0 bridgehead atoms. The van der Waals surface area contributed by atoms with Crippen molar-refractivity contribution in [1.82, 2.24) is 0 Å². The van der Waals surface area contributed by atoms with Gasteiger partial charge in [0.05, 0.1) is 0 Å². The second kappa shape index (κ2) is 7.45. The van der Waals surface area contributed by atoms with Gasteiger partial charge in [0.15, 0.2) is 0 Å². The standard InChI is InChI=1S/C34H28BNSSe/c1-33-18-10-11-19-34(33,2)36-31-28(33)23(21-12-4-3-5-13-21)20-27-30(31)35(24-15-7-9-17-26(24)38-27)29-22-14-6-8-16-25(22)37-32(29)36/h3-9,12-17,20H,10-11,18-19H2,1-2H3. The summed E-state index contributed by atoms with van der Waals surface area (Å²) in [7, 11) is 0. The van der Waals surface area contributed by atoms with E-state index in [4.69, 9.17) is 0 Å². The molecule has 1 fully saturated rings. The number of benzene rings is 4. The third-order valence-corrected chi connectivity index (χ3v) is 13.9. The van der Waals surface area contributed by atoms with Crippen molar-refractivity contribution in [1.29, 1.82) is 0 Å². The Bertz CT molecular complexity index is 1810. The van der Waals surface area contributed by atoms with Crippen LogP contribution in [0.2, 0.25) is 0 Å². The van der Waals surface area contributed by atoms with Crippen molar-refractivity contribution in [3.05, 3.63) is 90.5 Å². The molecule has 4 aliphatic rings. The molecular formula is C34H28BNSSe. The van der Waals surface area contributed by atoms with Gasteiger partial charge in [-0.2, -0.15) is 0 Å². The van der Waals surface area contributed by atoms with Gasteiger partial charge in [0.25, 0.3) is 0 Å². The SMILES string of the molecule is CC12CCCCC1(C)N1c3sc4ccccc4c3B3c4ccccc4[Se]c4cc(-c5ccccc5)c2c1c43. The van der Waals surface area contributed by atoms with E-state index in [0.717, 1.165) is 0 Å². The molecule has 3 aliphatic heterocycles. The monoisotopic (exact) mass is 573 g/mol. The molecule has 2 atom stereocenters. The summed E-state index contributed by atoms with van der Waals surface area (Å²) in [5.41, 5.74) is 11.0. The van der Waals surface area contributed by atoms with Crippen molar-refractivity contribution >= 4 is 79.1 Å². The van der Waals surface area contributed by atoms with Crippen molar-refractivity contribution in [2.45, 2.75) is 50.5 Å². The number of hydrogen-bond acceptors (Lipinski definition) is 2. The summed E-state index contributed by atoms with van der Waals surface area (Å²) in [6.45, 7) is 5.54. The first-order valence-electron chi connectivity index (χ1n) is 14.0. The number of thiophene rings is 1. The Hall–Kier alpha value is -2.78. The second-order valence-corrected chi connectivity index (χ2v) is 15.3. The van der Waals surface area contributed by atoms with Gasteiger partial charge in [-0.1, -0.05) is 0 Å². The zero-order valence-electron chi connectivity index (χ0n) is 21.8.